The number of benzene rings is 1. The fourth-order valence-corrected chi connectivity index (χ4v) is 1.07. The molecule has 0 heterocycles. The van der Waals surface area contributed by atoms with Crippen LogP contribution in [-0.2, 0) is 0 Å². The van der Waals surface area contributed by atoms with Crippen molar-refractivity contribution in [2.75, 3.05) is 0 Å². The molecule has 0 spiro atoms. The highest BCUT2D eigenvalue weighted by Gasteiger charge is 2.04. The molecule has 56 valence electrons. The molecule has 0 fully saturated rings. The van der Waals surface area contributed by atoms with Crippen molar-refractivity contribution >= 4 is 11.6 Å². The van der Waals surface area contributed by atoms with E-state index in [1.165, 1.54) is 0 Å². The Morgan fingerprint density at radius 1 is 1.45 bits per heavy atom. The molecule has 1 aromatic rings. The molecule has 1 rings (SSSR count). The van der Waals surface area contributed by atoms with Crippen LogP contribution in [0.25, 0.3) is 0 Å². The first kappa shape index (κ1) is 8.13. The number of terminal acetylenes is 1. The Balaban J connectivity index is 3.05. The number of hydrogen-bond acceptors (Lipinski definition) is 1. The van der Waals surface area contributed by atoms with Crippen molar-refractivity contribution < 1.29 is 0 Å². The predicted molar refractivity (Wildman–Crippen MR) is 47.2 cm³/mol. The molecule has 0 aliphatic rings. The molecule has 0 amide bonds. The first-order valence-corrected chi connectivity index (χ1v) is 3.59. The van der Waals surface area contributed by atoms with Gasteiger partial charge >= 0.3 is 0 Å². The molecule has 0 aliphatic carbocycles. The third-order valence-corrected chi connectivity index (χ3v) is 1.76. The summed E-state index contributed by atoms with van der Waals surface area (Å²) in [6.45, 7) is 0. The van der Waals surface area contributed by atoms with Gasteiger partial charge in [0.2, 0.25) is 0 Å². The fourth-order valence-electron chi connectivity index (χ4n) is 0.817. The van der Waals surface area contributed by atoms with Crippen LogP contribution in [0.1, 0.15) is 11.6 Å². The van der Waals surface area contributed by atoms with E-state index in [9.17, 15) is 0 Å². The van der Waals surface area contributed by atoms with Gasteiger partial charge in [-0.15, -0.1) is 6.42 Å². The zero-order valence-electron chi connectivity index (χ0n) is 5.92. The maximum absolute atomic E-state index is 5.82. The number of rotatable bonds is 1. The average Bonchev–Trinajstić information content (AvgIpc) is 2.04. The van der Waals surface area contributed by atoms with Gasteiger partial charge in [-0.2, -0.15) is 0 Å². The van der Waals surface area contributed by atoms with Gasteiger partial charge in [0, 0.05) is 5.02 Å². The van der Waals surface area contributed by atoms with Crippen molar-refractivity contribution in [3.63, 3.8) is 0 Å². The van der Waals surface area contributed by atoms with Crippen LogP contribution in [0, 0.1) is 12.3 Å². The summed E-state index contributed by atoms with van der Waals surface area (Å²) in [5.74, 6) is 2.42. The molecule has 11 heavy (non-hydrogen) atoms. The third-order valence-electron chi connectivity index (χ3n) is 1.42. The average molecular weight is 166 g/mol. The van der Waals surface area contributed by atoms with E-state index in [1.807, 2.05) is 18.2 Å². The highest BCUT2D eigenvalue weighted by molar-refractivity contribution is 6.31. The van der Waals surface area contributed by atoms with Gasteiger partial charge in [-0.3, -0.25) is 0 Å². The Labute approximate surface area is 71.2 Å². The van der Waals surface area contributed by atoms with E-state index in [1.54, 1.807) is 6.07 Å². The van der Waals surface area contributed by atoms with Crippen LogP contribution in [0.3, 0.4) is 0 Å². The summed E-state index contributed by atoms with van der Waals surface area (Å²) in [6.07, 6.45) is 5.14. The summed E-state index contributed by atoms with van der Waals surface area (Å²) in [5, 5.41) is 0.623. The fraction of sp³-hybridized carbons (Fsp3) is 0.111. The van der Waals surface area contributed by atoms with Crippen LogP contribution in [0.5, 0.6) is 0 Å². The lowest BCUT2D eigenvalue weighted by atomic mass is 10.1. The van der Waals surface area contributed by atoms with Crippen molar-refractivity contribution in [2.24, 2.45) is 5.73 Å². The Bertz CT molecular complexity index is 288. The molecule has 0 unspecified atom stereocenters. The SMILES string of the molecule is C#C[C@@H](N)c1ccccc1Cl. The molecular weight excluding hydrogens is 158 g/mol. The third kappa shape index (κ3) is 1.74. The van der Waals surface area contributed by atoms with Crippen molar-refractivity contribution in [1.82, 2.24) is 0 Å². The van der Waals surface area contributed by atoms with E-state index >= 15 is 0 Å². The summed E-state index contributed by atoms with van der Waals surface area (Å²) in [5.41, 5.74) is 6.38. The highest BCUT2D eigenvalue weighted by Crippen LogP contribution is 2.19. The van der Waals surface area contributed by atoms with Gasteiger partial charge < -0.3 is 5.73 Å². The lowest BCUT2D eigenvalue weighted by molar-refractivity contribution is 0.947. The van der Waals surface area contributed by atoms with Gasteiger partial charge in [-0.25, -0.2) is 0 Å². The van der Waals surface area contributed by atoms with Gasteiger partial charge in [0.1, 0.15) is 0 Å². The topological polar surface area (TPSA) is 26.0 Å². The number of hydrogen-bond donors (Lipinski definition) is 1. The second-order valence-corrected chi connectivity index (χ2v) is 2.57. The van der Waals surface area contributed by atoms with E-state index in [4.69, 9.17) is 23.8 Å². The van der Waals surface area contributed by atoms with Gasteiger partial charge in [0.25, 0.3) is 0 Å². The van der Waals surface area contributed by atoms with Gasteiger partial charge in [0.05, 0.1) is 6.04 Å². The Morgan fingerprint density at radius 3 is 2.64 bits per heavy atom. The molecule has 1 aromatic carbocycles. The molecule has 0 saturated heterocycles. The minimum Gasteiger partial charge on any atom is -0.314 e. The molecule has 0 saturated carbocycles. The van der Waals surface area contributed by atoms with Crippen LogP contribution in [0.15, 0.2) is 24.3 Å². The van der Waals surface area contributed by atoms with Crippen molar-refractivity contribution in [3.05, 3.63) is 34.9 Å². The summed E-state index contributed by atoms with van der Waals surface area (Å²) in [4.78, 5) is 0. The summed E-state index contributed by atoms with van der Waals surface area (Å²) >= 11 is 5.82. The Morgan fingerprint density at radius 2 is 2.09 bits per heavy atom. The second kappa shape index (κ2) is 3.43. The van der Waals surface area contributed by atoms with Crippen molar-refractivity contribution in [3.8, 4) is 12.3 Å². The lowest BCUT2D eigenvalue weighted by Crippen LogP contribution is -2.07. The Kier molecular flexibility index (Phi) is 2.53. The van der Waals surface area contributed by atoms with Crippen LogP contribution >= 0.6 is 11.6 Å². The molecule has 0 radical (unpaired) electrons. The molecule has 0 bridgehead atoms. The van der Waals surface area contributed by atoms with Crippen LogP contribution in [0.4, 0.5) is 0 Å². The van der Waals surface area contributed by atoms with E-state index in [0.29, 0.717) is 5.02 Å². The second-order valence-electron chi connectivity index (χ2n) is 2.17. The predicted octanol–water partition coefficient (Wildman–Crippen LogP) is 1.97. The van der Waals surface area contributed by atoms with E-state index in [0.717, 1.165) is 5.56 Å². The normalized spacial score (nSPS) is 12.1. The van der Waals surface area contributed by atoms with Crippen LogP contribution in [-0.4, -0.2) is 0 Å². The lowest BCUT2D eigenvalue weighted by Gasteiger charge is -2.05. The van der Waals surface area contributed by atoms with E-state index in [2.05, 4.69) is 5.92 Å². The minimum atomic E-state index is -0.399. The number of nitrogens with two attached hydrogens (primary N) is 1. The molecule has 1 nitrogen and oxygen atoms in total. The largest absolute Gasteiger partial charge is 0.314 e. The maximum atomic E-state index is 5.82. The zero-order valence-corrected chi connectivity index (χ0v) is 6.68. The highest BCUT2D eigenvalue weighted by atomic mass is 35.5. The van der Waals surface area contributed by atoms with Crippen molar-refractivity contribution in [1.29, 1.82) is 0 Å². The van der Waals surface area contributed by atoms with Crippen LogP contribution < -0.4 is 5.73 Å². The minimum absolute atomic E-state index is 0.399. The smallest absolute Gasteiger partial charge is 0.0932 e. The monoisotopic (exact) mass is 165 g/mol. The molecule has 1 atom stereocenters. The zero-order chi connectivity index (χ0) is 8.27. The Hall–Kier alpha value is -0.970. The van der Waals surface area contributed by atoms with E-state index in [-0.39, 0.29) is 0 Å². The number of halogens is 1. The quantitative estimate of drug-likeness (QED) is 0.633. The van der Waals surface area contributed by atoms with E-state index < -0.39 is 6.04 Å². The summed E-state index contributed by atoms with van der Waals surface area (Å²) in [6, 6.07) is 6.90. The van der Waals surface area contributed by atoms with Gasteiger partial charge in [-0.1, -0.05) is 35.7 Å². The molecule has 2 heteroatoms. The van der Waals surface area contributed by atoms with Gasteiger partial charge in [-0.05, 0) is 11.6 Å². The summed E-state index contributed by atoms with van der Waals surface area (Å²) in [7, 11) is 0. The van der Waals surface area contributed by atoms with Crippen molar-refractivity contribution in [2.45, 2.75) is 6.04 Å². The maximum Gasteiger partial charge on any atom is 0.0932 e. The van der Waals surface area contributed by atoms with Crippen LogP contribution in [0.2, 0.25) is 5.02 Å². The summed E-state index contributed by atoms with van der Waals surface area (Å²) < 4.78 is 0. The molecule has 0 aromatic heterocycles. The first-order chi connectivity index (χ1) is 5.25. The molecule has 0 aliphatic heterocycles. The molecular formula is C9H8ClN. The van der Waals surface area contributed by atoms with Gasteiger partial charge in [0.15, 0.2) is 0 Å². The molecule has 2 N–H and O–H groups in total. The first-order valence-electron chi connectivity index (χ1n) is 3.22. The standard InChI is InChI=1S/C9H8ClN/c1-2-9(11)7-5-3-4-6-8(7)10/h1,3-6,9H,11H2/t9-/m1/s1.